The van der Waals surface area contributed by atoms with Gasteiger partial charge in [-0.15, -0.1) is 0 Å². The number of pyridine rings is 1. The minimum atomic E-state index is -0.248. The number of aromatic nitrogens is 2. The third kappa shape index (κ3) is 4.21. The molecule has 2 heterocycles. The van der Waals surface area contributed by atoms with E-state index in [1.165, 1.54) is 0 Å². The third-order valence-electron chi connectivity index (χ3n) is 5.37. The van der Waals surface area contributed by atoms with Crippen molar-refractivity contribution in [1.29, 1.82) is 0 Å². The maximum absolute atomic E-state index is 12.7. The van der Waals surface area contributed by atoms with E-state index in [4.69, 9.17) is 25.8 Å². The highest BCUT2D eigenvalue weighted by atomic mass is 35.5. The Labute approximate surface area is 200 Å². The van der Waals surface area contributed by atoms with Crippen molar-refractivity contribution >= 4 is 45.0 Å². The Morgan fingerprint density at radius 1 is 0.912 bits per heavy atom. The number of aromatic amines is 1. The summed E-state index contributed by atoms with van der Waals surface area (Å²) in [4.78, 5) is 20.2. The van der Waals surface area contributed by atoms with Gasteiger partial charge in [0.1, 0.15) is 17.2 Å². The molecule has 8 heteroatoms. The van der Waals surface area contributed by atoms with Crippen LogP contribution in [0, 0.1) is 0 Å². The number of carbonyl (C=O) groups is 1. The van der Waals surface area contributed by atoms with E-state index in [9.17, 15) is 4.79 Å². The van der Waals surface area contributed by atoms with Gasteiger partial charge in [0.25, 0.3) is 5.91 Å². The predicted molar refractivity (Wildman–Crippen MR) is 133 cm³/mol. The zero-order chi connectivity index (χ0) is 23.7. The van der Waals surface area contributed by atoms with Crippen LogP contribution < -0.4 is 19.5 Å². The number of hydrogen-bond acceptors (Lipinski definition) is 5. The number of H-pyrrole nitrogens is 1. The first-order valence-corrected chi connectivity index (χ1v) is 10.8. The van der Waals surface area contributed by atoms with E-state index in [0.29, 0.717) is 39.4 Å². The van der Waals surface area contributed by atoms with Gasteiger partial charge < -0.3 is 24.5 Å². The first kappa shape index (κ1) is 21.6. The number of rotatable bonds is 6. The molecule has 170 valence electrons. The number of amides is 1. The number of benzene rings is 3. The number of nitrogens with zero attached hydrogens (tertiary/aromatic N) is 1. The zero-order valence-corrected chi connectivity index (χ0v) is 19.1. The predicted octanol–water partition coefficient (Wildman–Crippen LogP) is 6.43. The molecule has 0 aliphatic carbocycles. The number of methoxy groups -OCH3 is 2. The highest BCUT2D eigenvalue weighted by Gasteiger charge is 2.13. The molecule has 0 unspecified atom stereocenters. The van der Waals surface area contributed by atoms with Crippen LogP contribution in [0.15, 0.2) is 72.9 Å². The minimum absolute atomic E-state index is 0.248. The van der Waals surface area contributed by atoms with Crippen molar-refractivity contribution in [2.24, 2.45) is 0 Å². The van der Waals surface area contributed by atoms with Crippen LogP contribution in [0.1, 0.15) is 10.5 Å². The second kappa shape index (κ2) is 8.96. The van der Waals surface area contributed by atoms with Gasteiger partial charge in [-0.05, 0) is 60.7 Å². The fourth-order valence-corrected chi connectivity index (χ4v) is 3.82. The molecule has 34 heavy (non-hydrogen) atoms. The van der Waals surface area contributed by atoms with E-state index in [1.807, 2.05) is 30.3 Å². The number of fused-ring (bicyclic) bond motifs is 2. The van der Waals surface area contributed by atoms with E-state index < -0.39 is 0 Å². The maximum Gasteiger partial charge on any atom is 0.272 e. The molecule has 0 aliphatic heterocycles. The summed E-state index contributed by atoms with van der Waals surface area (Å²) in [6.45, 7) is 0. The molecule has 0 spiro atoms. The van der Waals surface area contributed by atoms with Crippen molar-refractivity contribution < 1.29 is 19.0 Å². The first-order chi connectivity index (χ1) is 16.5. The average Bonchev–Trinajstić information content (AvgIpc) is 3.28. The smallest absolute Gasteiger partial charge is 0.272 e. The van der Waals surface area contributed by atoms with Gasteiger partial charge in [-0.3, -0.25) is 9.78 Å². The van der Waals surface area contributed by atoms with E-state index in [-0.39, 0.29) is 5.91 Å². The highest BCUT2D eigenvalue weighted by molar-refractivity contribution is 6.30. The average molecular weight is 474 g/mol. The molecule has 0 aliphatic rings. The van der Waals surface area contributed by atoms with Crippen LogP contribution in [-0.4, -0.2) is 30.1 Å². The summed E-state index contributed by atoms with van der Waals surface area (Å²) in [5, 5.41) is 5.09. The van der Waals surface area contributed by atoms with Crippen molar-refractivity contribution in [3.63, 3.8) is 0 Å². The van der Waals surface area contributed by atoms with Gasteiger partial charge in [0.05, 0.1) is 19.7 Å². The highest BCUT2D eigenvalue weighted by Crippen LogP contribution is 2.37. The molecule has 1 amide bonds. The van der Waals surface area contributed by atoms with Gasteiger partial charge >= 0.3 is 0 Å². The summed E-state index contributed by atoms with van der Waals surface area (Å²) < 4.78 is 17.0. The summed E-state index contributed by atoms with van der Waals surface area (Å²) in [6, 6.07) is 19.7. The third-order valence-corrected chi connectivity index (χ3v) is 5.63. The summed E-state index contributed by atoms with van der Waals surface area (Å²) >= 11 is 5.91. The molecule has 0 fully saturated rings. The molecule has 0 saturated heterocycles. The molecule has 0 bridgehead atoms. The lowest BCUT2D eigenvalue weighted by molar-refractivity contribution is 0.102. The lowest BCUT2D eigenvalue weighted by atomic mass is 10.1. The van der Waals surface area contributed by atoms with Gasteiger partial charge in [-0.1, -0.05) is 11.6 Å². The van der Waals surface area contributed by atoms with Crippen LogP contribution in [0.3, 0.4) is 0 Å². The molecule has 2 N–H and O–H groups in total. The topological polar surface area (TPSA) is 85.5 Å². The molecule has 5 aromatic rings. The van der Waals surface area contributed by atoms with Crippen LogP contribution in [-0.2, 0) is 0 Å². The summed E-state index contributed by atoms with van der Waals surface area (Å²) in [6.07, 6.45) is 1.68. The van der Waals surface area contributed by atoms with Crippen molar-refractivity contribution in [1.82, 2.24) is 9.97 Å². The van der Waals surface area contributed by atoms with Gasteiger partial charge in [0.2, 0.25) is 0 Å². The standard InChI is InChI=1S/C26H20ClN3O4/c1-32-24-13-19-21(14-25(24)33-2)28-10-9-23(19)34-18-7-8-20-15(11-18)12-22(30-20)26(31)29-17-5-3-16(27)4-6-17/h3-14,30H,1-2H3,(H,29,31). The number of hydrogen-bond donors (Lipinski definition) is 2. The molecule has 5 rings (SSSR count). The van der Waals surface area contributed by atoms with Crippen molar-refractivity contribution in [3.05, 3.63) is 83.6 Å². The largest absolute Gasteiger partial charge is 0.493 e. The lowest BCUT2D eigenvalue weighted by Crippen LogP contribution is -2.11. The molecular formula is C26H20ClN3O4. The molecule has 3 aromatic carbocycles. The molecule has 2 aromatic heterocycles. The second-order valence-corrected chi connectivity index (χ2v) is 7.97. The molecule has 7 nitrogen and oxygen atoms in total. The zero-order valence-electron chi connectivity index (χ0n) is 18.4. The quantitative estimate of drug-likeness (QED) is 0.297. The number of ether oxygens (including phenoxy) is 3. The number of carbonyl (C=O) groups excluding carboxylic acids is 1. The molecular weight excluding hydrogens is 454 g/mol. The normalized spacial score (nSPS) is 10.9. The van der Waals surface area contributed by atoms with Crippen molar-refractivity contribution in [2.45, 2.75) is 0 Å². The van der Waals surface area contributed by atoms with E-state index in [2.05, 4.69) is 15.3 Å². The minimum Gasteiger partial charge on any atom is -0.493 e. The summed E-state index contributed by atoms with van der Waals surface area (Å²) in [5.74, 6) is 2.19. The Morgan fingerprint density at radius 3 is 2.44 bits per heavy atom. The molecule has 0 atom stereocenters. The fourth-order valence-electron chi connectivity index (χ4n) is 3.69. The van der Waals surface area contributed by atoms with Gasteiger partial charge in [0, 0.05) is 39.3 Å². The summed E-state index contributed by atoms with van der Waals surface area (Å²) in [7, 11) is 3.17. The van der Waals surface area contributed by atoms with Crippen LogP contribution >= 0.6 is 11.6 Å². The molecule has 0 saturated carbocycles. The Balaban J connectivity index is 1.42. The molecule has 0 radical (unpaired) electrons. The number of anilines is 1. The van der Waals surface area contributed by atoms with Crippen molar-refractivity contribution in [3.8, 4) is 23.0 Å². The van der Waals surface area contributed by atoms with Gasteiger partial charge in [0.15, 0.2) is 11.5 Å². The summed E-state index contributed by atoms with van der Waals surface area (Å²) in [5.41, 5.74) is 2.64. The van der Waals surface area contributed by atoms with Crippen LogP contribution in [0.5, 0.6) is 23.0 Å². The van der Waals surface area contributed by atoms with Crippen LogP contribution in [0.4, 0.5) is 5.69 Å². The lowest BCUT2D eigenvalue weighted by Gasteiger charge is -2.12. The monoisotopic (exact) mass is 473 g/mol. The number of nitrogens with one attached hydrogen (secondary N) is 2. The number of halogens is 1. The Morgan fingerprint density at radius 2 is 1.68 bits per heavy atom. The van der Waals surface area contributed by atoms with Gasteiger partial charge in [-0.2, -0.15) is 0 Å². The van der Waals surface area contributed by atoms with E-state index in [0.717, 1.165) is 21.8 Å². The first-order valence-electron chi connectivity index (χ1n) is 10.4. The van der Waals surface area contributed by atoms with Crippen LogP contribution in [0.25, 0.3) is 21.8 Å². The van der Waals surface area contributed by atoms with Crippen LogP contribution in [0.2, 0.25) is 5.02 Å². The SMILES string of the molecule is COc1cc2nccc(Oc3ccc4[nH]c(C(=O)Nc5ccc(Cl)cc5)cc4c3)c2cc1OC. The second-order valence-electron chi connectivity index (χ2n) is 7.53. The Bertz CT molecular complexity index is 1510. The Kier molecular flexibility index (Phi) is 5.69. The van der Waals surface area contributed by atoms with E-state index in [1.54, 1.807) is 56.8 Å². The van der Waals surface area contributed by atoms with E-state index >= 15 is 0 Å². The van der Waals surface area contributed by atoms with Gasteiger partial charge in [-0.25, -0.2) is 0 Å². The Hall–Kier alpha value is -4.23. The maximum atomic E-state index is 12.7. The van der Waals surface area contributed by atoms with Crippen molar-refractivity contribution in [2.75, 3.05) is 19.5 Å². The fraction of sp³-hybridized carbons (Fsp3) is 0.0769.